The van der Waals surface area contributed by atoms with Gasteiger partial charge in [0.1, 0.15) is 11.6 Å². The first kappa shape index (κ1) is 18.0. The van der Waals surface area contributed by atoms with Crippen molar-refractivity contribution in [1.82, 2.24) is 14.8 Å². The minimum atomic E-state index is -0.190. The third kappa shape index (κ3) is 4.16. The molecule has 4 nitrogen and oxygen atoms in total. The molecule has 0 atom stereocenters. The summed E-state index contributed by atoms with van der Waals surface area (Å²) in [6.45, 7) is 0. The summed E-state index contributed by atoms with van der Waals surface area (Å²) in [6, 6.07) is 14.8. The number of ether oxygens (including phenoxy) is 1. The Morgan fingerprint density at radius 3 is 2.56 bits per heavy atom. The van der Waals surface area contributed by atoms with E-state index in [1.165, 1.54) is 30.7 Å². The molecule has 6 heteroatoms. The summed E-state index contributed by atoms with van der Waals surface area (Å²) >= 11 is 1.48. The van der Waals surface area contributed by atoms with Crippen molar-refractivity contribution in [3.8, 4) is 17.1 Å². The van der Waals surface area contributed by atoms with Crippen LogP contribution >= 0.6 is 11.8 Å². The number of thioether (sulfide) groups is 1. The molecule has 140 valence electrons. The molecule has 4 rings (SSSR count). The van der Waals surface area contributed by atoms with E-state index in [2.05, 4.69) is 10.2 Å². The van der Waals surface area contributed by atoms with Gasteiger partial charge >= 0.3 is 0 Å². The minimum absolute atomic E-state index is 0.190. The summed E-state index contributed by atoms with van der Waals surface area (Å²) in [5.74, 6) is 2.03. The first-order valence-corrected chi connectivity index (χ1v) is 10.2. The summed E-state index contributed by atoms with van der Waals surface area (Å²) in [5, 5.41) is 9.34. The van der Waals surface area contributed by atoms with Crippen LogP contribution in [0.25, 0.3) is 11.4 Å². The van der Waals surface area contributed by atoms with Gasteiger partial charge in [0.2, 0.25) is 0 Å². The molecule has 0 saturated heterocycles. The van der Waals surface area contributed by atoms with E-state index in [1.54, 1.807) is 12.1 Å². The standard InChI is InChI=1S/C21H22FN3OS/c1-25-20(15-10-12-18(13-11-15)26-17-7-3-4-8-17)23-24-21(25)27-14-16-6-2-5-9-19(16)22/h2,5-6,9-13,17H,3-4,7-8,14H2,1H3. The van der Waals surface area contributed by atoms with Crippen LogP contribution < -0.4 is 4.74 Å². The summed E-state index contributed by atoms with van der Waals surface area (Å²) in [4.78, 5) is 0. The van der Waals surface area contributed by atoms with Crippen LogP contribution in [0, 0.1) is 5.82 Å². The smallest absolute Gasteiger partial charge is 0.191 e. The number of aromatic nitrogens is 3. The van der Waals surface area contributed by atoms with Gasteiger partial charge in [-0.15, -0.1) is 10.2 Å². The highest BCUT2D eigenvalue weighted by Crippen LogP contribution is 2.28. The number of halogens is 1. The van der Waals surface area contributed by atoms with Crippen molar-refractivity contribution >= 4 is 11.8 Å². The molecule has 0 unspecified atom stereocenters. The van der Waals surface area contributed by atoms with E-state index in [1.807, 2.05) is 41.9 Å². The monoisotopic (exact) mass is 383 g/mol. The summed E-state index contributed by atoms with van der Waals surface area (Å²) in [6.07, 6.45) is 5.16. The molecule has 1 aliphatic rings. The Kier molecular flexibility index (Phi) is 5.43. The van der Waals surface area contributed by atoms with Crippen molar-refractivity contribution in [2.75, 3.05) is 0 Å². The van der Waals surface area contributed by atoms with E-state index in [0.29, 0.717) is 17.4 Å². The number of benzene rings is 2. The van der Waals surface area contributed by atoms with Crippen LogP contribution in [0.5, 0.6) is 5.75 Å². The zero-order valence-electron chi connectivity index (χ0n) is 15.3. The van der Waals surface area contributed by atoms with E-state index in [0.717, 1.165) is 35.1 Å². The lowest BCUT2D eigenvalue weighted by Gasteiger charge is -2.13. The van der Waals surface area contributed by atoms with Gasteiger partial charge in [-0.25, -0.2) is 4.39 Å². The SMILES string of the molecule is Cn1c(SCc2ccccc2F)nnc1-c1ccc(OC2CCCC2)cc1. The van der Waals surface area contributed by atoms with E-state index in [4.69, 9.17) is 4.74 Å². The highest BCUT2D eigenvalue weighted by molar-refractivity contribution is 7.98. The van der Waals surface area contributed by atoms with Crippen molar-refractivity contribution in [3.05, 3.63) is 59.9 Å². The average molecular weight is 383 g/mol. The molecule has 1 aliphatic carbocycles. The Hall–Kier alpha value is -2.34. The molecule has 2 aromatic carbocycles. The van der Waals surface area contributed by atoms with Crippen LogP contribution in [0.2, 0.25) is 0 Å². The molecule has 1 aromatic heterocycles. The second-order valence-electron chi connectivity index (χ2n) is 6.79. The van der Waals surface area contributed by atoms with Crippen molar-refractivity contribution in [3.63, 3.8) is 0 Å². The van der Waals surface area contributed by atoms with Crippen LogP contribution in [0.15, 0.2) is 53.7 Å². The Morgan fingerprint density at radius 1 is 1.07 bits per heavy atom. The maximum Gasteiger partial charge on any atom is 0.191 e. The maximum absolute atomic E-state index is 13.8. The van der Waals surface area contributed by atoms with Gasteiger partial charge in [-0.3, -0.25) is 0 Å². The van der Waals surface area contributed by atoms with Crippen molar-refractivity contribution < 1.29 is 9.13 Å². The van der Waals surface area contributed by atoms with Gasteiger partial charge in [-0.1, -0.05) is 30.0 Å². The van der Waals surface area contributed by atoms with Crippen LogP contribution in [0.3, 0.4) is 0 Å². The maximum atomic E-state index is 13.8. The summed E-state index contributed by atoms with van der Waals surface area (Å²) < 4.78 is 21.7. The largest absolute Gasteiger partial charge is 0.490 e. The molecule has 0 amide bonds. The van der Waals surface area contributed by atoms with Gasteiger partial charge < -0.3 is 9.30 Å². The van der Waals surface area contributed by atoms with Gasteiger partial charge in [0.15, 0.2) is 11.0 Å². The zero-order valence-corrected chi connectivity index (χ0v) is 16.1. The third-order valence-corrected chi connectivity index (χ3v) is 5.94. The van der Waals surface area contributed by atoms with Gasteiger partial charge in [-0.05, 0) is 61.6 Å². The lowest BCUT2D eigenvalue weighted by molar-refractivity contribution is 0.210. The molecule has 0 radical (unpaired) electrons. The molecule has 1 heterocycles. The van der Waals surface area contributed by atoms with Crippen molar-refractivity contribution in [2.24, 2.45) is 7.05 Å². The fraction of sp³-hybridized carbons (Fsp3) is 0.333. The number of hydrogen-bond donors (Lipinski definition) is 0. The molecule has 27 heavy (non-hydrogen) atoms. The average Bonchev–Trinajstić information content (AvgIpc) is 3.32. The first-order chi connectivity index (χ1) is 13.2. The van der Waals surface area contributed by atoms with Crippen molar-refractivity contribution in [2.45, 2.75) is 42.7 Å². The normalized spacial score (nSPS) is 14.6. The molecule has 0 N–H and O–H groups in total. The lowest BCUT2D eigenvalue weighted by atomic mass is 10.2. The summed E-state index contributed by atoms with van der Waals surface area (Å²) in [5.41, 5.74) is 1.65. The highest BCUT2D eigenvalue weighted by atomic mass is 32.2. The third-order valence-electron chi connectivity index (χ3n) is 4.87. The second kappa shape index (κ2) is 8.13. The molecule has 3 aromatic rings. The molecular weight excluding hydrogens is 361 g/mol. The van der Waals surface area contributed by atoms with Crippen molar-refractivity contribution in [1.29, 1.82) is 0 Å². The number of rotatable bonds is 6. The van der Waals surface area contributed by atoms with Gasteiger partial charge in [0.05, 0.1) is 6.10 Å². The fourth-order valence-electron chi connectivity index (χ4n) is 3.33. The molecular formula is C21H22FN3OS. The fourth-order valence-corrected chi connectivity index (χ4v) is 4.23. The number of hydrogen-bond acceptors (Lipinski definition) is 4. The quantitative estimate of drug-likeness (QED) is 0.546. The van der Waals surface area contributed by atoms with E-state index in [-0.39, 0.29) is 5.82 Å². The first-order valence-electron chi connectivity index (χ1n) is 9.23. The lowest BCUT2D eigenvalue weighted by Crippen LogP contribution is -2.10. The Morgan fingerprint density at radius 2 is 1.81 bits per heavy atom. The molecule has 0 spiro atoms. The predicted octanol–water partition coefficient (Wildman–Crippen LogP) is 5.23. The molecule has 0 bridgehead atoms. The molecule has 0 aliphatic heterocycles. The molecule has 1 saturated carbocycles. The summed E-state index contributed by atoms with van der Waals surface area (Å²) in [7, 11) is 1.93. The van der Waals surface area contributed by atoms with E-state index >= 15 is 0 Å². The van der Waals surface area contributed by atoms with E-state index < -0.39 is 0 Å². The van der Waals surface area contributed by atoms with Crippen LogP contribution in [-0.2, 0) is 12.8 Å². The highest BCUT2D eigenvalue weighted by Gasteiger charge is 2.17. The van der Waals surface area contributed by atoms with Crippen LogP contribution in [0.4, 0.5) is 4.39 Å². The van der Waals surface area contributed by atoms with Crippen LogP contribution in [0.1, 0.15) is 31.2 Å². The minimum Gasteiger partial charge on any atom is -0.490 e. The number of nitrogens with zero attached hydrogens (tertiary/aromatic N) is 3. The Bertz CT molecular complexity index is 904. The van der Waals surface area contributed by atoms with Gasteiger partial charge in [0.25, 0.3) is 0 Å². The zero-order chi connectivity index (χ0) is 18.6. The predicted molar refractivity (Wildman–Crippen MR) is 105 cm³/mol. The van der Waals surface area contributed by atoms with E-state index in [9.17, 15) is 4.39 Å². The Balaban J connectivity index is 1.44. The Labute approximate surface area is 162 Å². The second-order valence-corrected chi connectivity index (χ2v) is 7.74. The van der Waals surface area contributed by atoms with Crippen LogP contribution in [-0.4, -0.2) is 20.9 Å². The van der Waals surface area contributed by atoms with Gasteiger partial charge in [-0.2, -0.15) is 0 Å². The topological polar surface area (TPSA) is 39.9 Å². The molecule has 1 fully saturated rings. The van der Waals surface area contributed by atoms with Gasteiger partial charge in [0, 0.05) is 18.4 Å².